The summed E-state index contributed by atoms with van der Waals surface area (Å²) < 4.78 is 19.0. The van der Waals surface area contributed by atoms with Crippen molar-refractivity contribution in [3.8, 4) is 5.75 Å². The first-order valence-corrected chi connectivity index (χ1v) is 10.2. The van der Waals surface area contributed by atoms with Gasteiger partial charge in [0.05, 0.1) is 24.1 Å². The Hall–Kier alpha value is -3.52. The van der Waals surface area contributed by atoms with E-state index in [9.17, 15) is 14.0 Å². The highest BCUT2D eigenvalue weighted by atomic mass is 79.9. The Kier molecular flexibility index (Phi) is 7.50. The molecule has 0 radical (unpaired) electrons. The van der Waals surface area contributed by atoms with Crippen LogP contribution in [0.2, 0.25) is 0 Å². The number of carbonyl (C=O) groups is 2. The average molecular weight is 484 g/mol. The van der Waals surface area contributed by atoms with Crippen LogP contribution in [-0.2, 0) is 0 Å². The molecule has 31 heavy (non-hydrogen) atoms. The summed E-state index contributed by atoms with van der Waals surface area (Å²) in [6, 6.07) is 17.3. The predicted molar refractivity (Wildman–Crippen MR) is 121 cm³/mol. The van der Waals surface area contributed by atoms with Crippen LogP contribution in [0, 0.1) is 5.82 Å². The summed E-state index contributed by atoms with van der Waals surface area (Å²) in [6.07, 6.45) is 1.40. The molecule has 158 valence electrons. The van der Waals surface area contributed by atoms with Crippen molar-refractivity contribution < 1.29 is 18.7 Å². The third-order valence-corrected chi connectivity index (χ3v) is 4.64. The zero-order valence-corrected chi connectivity index (χ0v) is 18.1. The lowest BCUT2D eigenvalue weighted by Crippen LogP contribution is -2.21. The van der Waals surface area contributed by atoms with Crippen molar-refractivity contribution in [1.82, 2.24) is 5.43 Å². The number of benzene rings is 3. The summed E-state index contributed by atoms with van der Waals surface area (Å²) in [5, 5.41) is 6.64. The molecule has 3 aromatic carbocycles. The minimum absolute atomic E-state index is 0.227. The van der Waals surface area contributed by atoms with Gasteiger partial charge < -0.3 is 10.1 Å². The number of amides is 2. The standard InChI is InChI=1S/C23H19BrFN3O3/c1-2-31-19-10-5-16(6-11-19)22(29)27-21-12-7-17(24)13-20(21)23(30)28-26-14-15-3-8-18(25)9-4-15/h3-14H,2H2,1H3,(H,27,29)(H,28,30)/b26-14+. The molecular weight excluding hydrogens is 465 g/mol. The Balaban J connectivity index is 1.72. The van der Waals surface area contributed by atoms with E-state index in [1.807, 2.05) is 6.92 Å². The van der Waals surface area contributed by atoms with Crippen molar-refractivity contribution in [3.63, 3.8) is 0 Å². The lowest BCUT2D eigenvalue weighted by Gasteiger charge is -2.11. The van der Waals surface area contributed by atoms with E-state index in [1.165, 1.54) is 30.5 Å². The van der Waals surface area contributed by atoms with Gasteiger partial charge in [0.15, 0.2) is 0 Å². The van der Waals surface area contributed by atoms with Gasteiger partial charge in [-0.3, -0.25) is 9.59 Å². The monoisotopic (exact) mass is 483 g/mol. The molecule has 0 fully saturated rings. The van der Waals surface area contributed by atoms with Gasteiger partial charge in [0, 0.05) is 10.0 Å². The number of hydrazone groups is 1. The van der Waals surface area contributed by atoms with Crippen molar-refractivity contribution in [1.29, 1.82) is 0 Å². The summed E-state index contributed by atoms with van der Waals surface area (Å²) in [7, 11) is 0. The summed E-state index contributed by atoms with van der Waals surface area (Å²) in [5.41, 5.74) is 4.02. The van der Waals surface area contributed by atoms with Gasteiger partial charge in [-0.15, -0.1) is 0 Å². The van der Waals surface area contributed by atoms with Gasteiger partial charge in [0.25, 0.3) is 11.8 Å². The Morgan fingerprint density at radius 2 is 1.74 bits per heavy atom. The highest BCUT2D eigenvalue weighted by Gasteiger charge is 2.15. The summed E-state index contributed by atoms with van der Waals surface area (Å²) in [6.45, 7) is 2.41. The molecule has 0 bridgehead atoms. The lowest BCUT2D eigenvalue weighted by atomic mass is 10.1. The van der Waals surface area contributed by atoms with Gasteiger partial charge in [-0.1, -0.05) is 28.1 Å². The zero-order chi connectivity index (χ0) is 22.2. The topological polar surface area (TPSA) is 79.8 Å². The third-order valence-electron chi connectivity index (χ3n) is 4.15. The van der Waals surface area contributed by atoms with Crippen LogP contribution < -0.4 is 15.5 Å². The minimum atomic E-state index is -0.512. The normalized spacial score (nSPS) is 10.7. The first kappa shape index (κ1) is 22.2. The molecule has 0 unspecified atom stereocenters. The molecule has 2 N–H and O–H groups in total. The number of nitrogens with one attached hydrogen (secondary N) is 2. The quantitative estimate of drug-likeness (QED) is 0.366. The molecule has 0 saturated heterocycles. The van der Waals surface area contributed by atoms with Crippen LogP contribution in [0.1, 0.15) is 33.2 Å². The molecule has 0 saturated carbocycles. The number of carbonyl (C=O) groups excluding carboxylic acids is 2. The first-order chi connectivity index (χ1) is 15.0. The van der Waals surface area contributed by atoms with Crippen LogP contribution in [-0.4, -0.2) is 24.6 Å². The second-order valence-electron chi connectivity index (χ2n) is 6.35. The van der Waals surface area contributed by atoms with Crippen LogP contribution >= 0.6 is 15.9 Å². The molecule has 3 aromatic rings. The highest BCUT2D eigenvalue weighted by Crippen LogP contribution is 2.22. The fraction of sp³-hybridized carbons (Fsp3) is 0.0870. The van der Waals surface area contributed by atoms with E-state index in [0.717, 1.165) is 0 Å². The van der Waals surface area contributed by atoms with Gasteiger partial charge in [-0.25, -0.2) is 9.82 Å². The van der Waals surface area contributed by atoms with Crippen molar-refractivity contribution in [2.45, 2.75) is 6.92 Å². The molecule has 8 heteroatoms. The van der Waals surface area contributed by atoms with E-state index in [2.05, 4.69) is 31.8 Å². The number of hydrogen-bond acceptors (Lipinski definition) is 4. The molecule has 3 rings (SSSR count). The summed E-state index contributed by atoms with van der Waals surface area (Å²) >= 11 is 3.33. The van der Waals surface area contributed by atoms with Crippen molar-refractivity contribution in [2.75, 3.05) is 11.9 Å². The number of nitrogens with zero attached hydrogens (tertiary/aromatic N) is 1. The molecule has 0 aliphatic rings. The van der Waals surface area contributed by atoms with Gasteiger partial charge in [0.1, 0.15) is 11.6 Å². The fourth-order valence-electron chi connectivity index (χ4n) is 2.65. The Labute approximate surface area is 187 Å². The zero-order valence-electron chi connectivity index (χ0n) is 16.6. The number of anilines is 1. The molecule has 0 heterocycles. The van der Waals surface area contributed by atoms with Gasteiger partial charge in [-0.05, 0) is 67.1 Å². The van der Waals surface area contributed by atoms with Crippen LogP contribution in [0.4, 0.5) is 10.1 Å². The lowest BCUT2D eigenvalue weighted by molar-refractivity contribution is 0.0956. The Morgan fingerprint density at radius 3 is 2.42 bits per heavy atom. The summed E-state index contributed by atoms with van der Waals surface area (Å²) in [5.74, 6) is -0.569. The average Bonchev–Trinajstić information content (AvgIpc) is 2.77. The molecular formula is C23H19BrFN3O3. The predicted octanol–water partition coefficient (Wildman–Crippen LogP) is 5.00. The smallest absolute Gasteiger partial charge is 0.273 e. The second kappa shape index (κ2) is 10.5. The Morgan fingerprint density at radius 1 is 1.03 bits per heavy atom. The third kappa shape index (κ3) is 6.23. The molecule has 0 aliphatic carbocycles. The molecule has 0 aromatic heterocycles. The number of halogens is 2. The maximum atomic E-state index is 13.0. The summed E-state index contributed by atoms with van der Waals surface area (Å²) in [4.78, 5) is 25.2. The molecule has 0 aliphatic heterocycles. The van der Waals surface area contributed by atoms with Crippen molar-refractivity contribution in [2.24, 2.45) is 5.10 Å². The van der Waals surface area contributed by atoms with Crippen LogP contribution in [0.25, 0.3) is 0 Å². The molecule has 2 amide bonds. The maximum absolute atomic E-state index is 13.0. The number of rotatable bonds is 7. The van der Waals surface area contributed by atoms with E-state index < -0.39 is 5.91 Å². The molecule has 0 spiro atoms. The van der Waals surface area contributed by atoms with E-state index in [1.54, 1.807) is 42.5 Å². The van der Waals surface area contributed by atoms with Gasteiger partial charge in [-0.2, -0.15) is 5.10 Å². The molecule has 0 atom stereocenters. The number of ether oxygens (including phenoxy) is 1. The van der Waals surface area contributed by atoms with E-state index in [4.69, 9.17) is 4.74 Å². The SMILES string of the molecule is CCOc1ccc(C(=O)Nc2ccc(Br)cc2C(=O)N/N=C/c2ccc(F)cc2)cc1. The number of hydrogen-bond donors (Lipinski definition) is 2. The van der Waals surface area contributed by atoms with E-state index >= 15 is 0 Å². The second-order valence-corrected chi connectivity index (χ2v) is 7.27. The van der Waals surface area contributed by atoms with Crippen LogP contribution in [0.5, 0.6) is 5.75 Å². The van der Waals surface area contributed by atoms with E-state index in [-0.39, 0.29) is 17.3 Å². The van der Waals surface area contributed by atoms with Crippen molar-refractivity contribution >= 4 is 39.6 Å². The maximum Gasteiger partial charge on any atom is 0.273 e. The van der Waals surface area contributed by atoms with E-state index in [0.29, 0.717) is 33.6 Å². The first-order valence-electron chi connectivity index (χ1n) is 9.39. The Bertz CT molecular complexity index is 1100. The van der Waals surface area contributed by atoms with Crippen LogP contribution in [0.3, 0.4) is 0 Å². The van der Waals surface area contributed by atoms with Crippen molar-refractivity contribution in [3.05, 3.63) is 93.7 Å². The van der Waals surface area contributed by atoms with Crippen LogP contribution in [0.15, 0.2) is 76.3 Å². The minimum Gasteiger partial charge on any atom is -0.494 e. The molecule has 6 nitrogen and oxygen atoms in total. The largest absolute Gasteiger partial charge is 0.494 e. The fourth-order valence-corrected chi connectivity index (χ4v) is 3.01. The van der Waals surface area contributed by atoms with Gasteiger partial charge >= 0.3 is 0 Å². The van der Waals surface area contributed by atoms with Gasteiger partial charge in [0.2, 0.25) is 0 Å². The highest BCUT2D eigenvalue weighted by molar-refractivity contribution is 9.10.